The Morgan fingerprint density at radius 1 is 1.30 bits per heavy atom. The van der Waals surface area contributed by atoms with Gasteiger partial charge in [0.15, 0.2) is 0 Å². The van der Waals surface area contributed by atoms with E-state index in [0.717, 1.165) is 6.92 Å². The van der Waals surface area contributed by atoms with Crippen LogP contribution in [-0.2, 0) is 33.8 Å². The van der Waals surface area contributed by atoms with E-state index in [1.807, 2.05) is 0 Å². The van der Waals surface area contributed by atoms with Crippen molar-refractivity contribution in [2.75, 3.05) is 7.11 Å². The Morgan fingerprint density at radius 2 is 1.80 bits per heavy atom. The summed E-state index contributed by atoms with van der Waals surface area (Å²) in [5.41, 5.74) is 0. The van der Waals surface area contributed by atoms with E-state index in [1.165, 1.54) is 13.2 Å². The summed E-state index contributed by atoms with van der Waals surface area (Å²) in [6, 6.07) is 4.63. The molecule has 0 fully saturated rings. The largest absolute Gasteiger partial charge is 0.481 e. The number of hydrogen-bond donors (Lipinski definition) is 1. The van der Waals surface area contributed by atoms with E-state index in [2.05, 4.69) is 11.3 Å². The molecule has 5 nitrogen and oxygen atoms in total. The van der Waals surface area contributed by atoms with Gasteiger partial charge in [-0.15, -0.1) is 0 Å². The van der Waals surface area contributed by atoms with E-state index in [0.29, 0.717) is 15.8 Å². The molecule has 8 heteroatoms. The normalized spacial score (nSPS) is 8.40. The number of ether oxygens (including phenoxy) is 2. The van der Waals surface area contributed by atoms with Crippen molar-refractivity contribution < 1.29 is 43.6 Å². The summed E-state index contributed by atoms with van der Waals surface area (Å²) in [5, 5.41) is 8.20. The summed E-state index contributed by atoms with van der Waals surface area (Å²) in [7, 11) is 1.24. The Balaban J connectivity index is 0. The van der Waals surface area contributed by atoms with Gasteiger partial charge in [-0.25, -0.2) is 4.79 Å². The molecule has 0 amide bonds. The molecular formula is C12H12Cl2O5Zn. The van der Waals surface area contributed by atoms with Crippen LogP contribution in [0.15, 0.2) is 30.5 Å². The predicted octanol–water partition coefficient (Wildman–Crippen LogP) is 3.15. The third kappa shape index (κ3) is 8.91. The average Bonchev–Trinajstić information content (AvgIpc) is 2.30. The SMILES string of the molecule is C=C(Oc1ccc(Cl)cc1Cl)C(=O)OC.CC(=O)O.[Zn]. The quantitative estimate of drug-likeness (QED) is 0.382. The van der Waals surface area contributed by atoms with Crippen molar-refractivity contribution in [3.8, 4) is 5.75 Å². The maximum Gasteiger partial charge on any atom is 0.373 e. The van der Waals surface area contributed by atoms with Crippen molar-refractivity contribution in [2.45, 2.75) is 6.92 Å². The second-order valence-electron chi connectivity index (χ2n) is 3.11. The van der Waals surface area contributed by atoms with Crippen LogP contribution in [0.4, 0.5) is 0 Å². The van der Waals surface area contributed by atoms with Crippen LogP contribution >= 0.6 is 23.2 Å². The summed E-state index contributed by atoms with van der Waals surface area (Å²) in [4.78, 5) is 20.0. The van der Waals surface area contributed by atoms with Crippen molar-refractivity contribution in [3.05, 3.63) is 40.6 Å². The van der Waals surface area contributed by atoms with Gasteiger partial charge in [-0.3, -0.25) is 4.79 Å². The molecule has 1 N–H and O–H groups in total. The molecular weight excluding hydrogens is 360 g/mol. The van der Waals surface area contributed by atoms with Gasteiger partial charge in [0.25, 0.3) is 5.97 Å². The number of carbonyl (C=O) groups is 2. The fourth-order valence-corrected chi connectivity index (χ4v) is 1.29. The zero-order valence-electron chi connectivity index (χ0n) is 11.0. The minimum absolute atomic E-state index is 0. The third-order valence-electron chi connectivity index (χ3n) is 1.54. The fraction of sp³-hybridized carbons (Fsp3) is 0.167. The van der Waals surface area contributed by atoms with Gasteiger partial charge < -0.3 is 14.6 Å². The van der Waals surface area contributed by atoms with E-state index in [9.17, 15) is 4.79 Å². The van der Waals surface area contributed by atoms with Gasteiger partial charge in [-0.05, 0) is 24.8 Å². The van der Waals surface area contributed by atoms with Crippen LogP contribution in [0.5, 0.6) is 5.75 Å². The summed E-state index contributed by atoms with van der Waals surface area (Å²) < 4.78 is 9.51. The van der Waals surface area contributed by atoms with E-state index in [1.54, 1.807) is 12.1 Å². The van der Waals surface area contributed by atoms with Crippen LogP contribution in [0.2, 0.25) is 10.0 Å². The van der Waals surface area contributed by atoms with Gasteiger partial charge in [-0.1, -0.05) is 23.2 Å². The van der Waals surface area contributed by atoms with E-state index in [-0.39, 0.29) is 25.2 Å². The number of halogens is 2. The minimum Gasteiger partial charge on any atom is -0.481 e. The number of esters is 1. The first-order chi connectivity index (χ1) is 8.77. The van der Waals surface area contributed by atoms with Gasteiger partial charge in [-0.2, -0.15) is 0 Å². The number of benzene rings is 1. The van der Waals surface area contributed by atoms with Gasteiger partial charge in [0.2, 0.25) is 5.76 Å². The Morgan fingerprint density at radius 3 is 2.20 bits per heavy atom. The van der Waals surface area contributed by atoms with Crippen molar-refractivity contribution in [2.24, 2.45) is 0 Å². The first kappa shape index (κ1) is 21.2. The number of carboxylic acids is 1. The molecule has 0 spiro atoms. The summed E-state index contributed by atoms with van der Waals surface area (Å²) in [6.07, 6.45) is 0. The monoisotopic (exact) mass is 370 g/mol. The number of rotatable bonds is 3. The second-order valence-corrected chi connectivity index (χ2v) is 3.95. The molecule has 0 aliphatic rings. The average molecular weight is 373 g/mol. The maximum absolute atomic E-state index is 11.0. The van der Waals surface area contributed by atoms with Crippen molar-refractivity contribution in [1.29, 1.82) is 0 Å². The van der Waals surface area contributed by atoms with Crippen LogP contribution in [0.1, 0.15) is 6.92 Å². The molecule has 1 aromatic rings. The Kier molecular flexibility index (Phi) is 11.3. The Labute approximate surface area is 139 Å². The minimum atomic E-state index is -0.833. The van der Waals surface area contributed by atoms with Crippen molar-refractivity contribution >= 4 is 35.1 Å². The topological polar surface area (TPSA) is 72.8 Å². The number of methoxy groups -OCH3 is 1. The number of carbonyl (C=O) groups excluding carboxylic acids is 1. The number of aliphatic carboxylic acids is 1. The zero-order chi connectivity index (χ0) is 15.0. The molecule has 0 aromatic heterocycles. The van der Waals surface area contributed by atoms with E-state index >= 15 is 0 Å². The molecule has 0 saturated heterocycles. The van der Waals surface area contributed by atoms with Crippen LogP contribution in [0, 0.1) is 0 Å². The molecule has 1 aromatic carbocycles. The number of hydrogen-bond acceptors (Lipinski definition) is 4. The maximum atomic E-state index is 11.0. The molecule has 0 saturated carbocycles. The molecule has 0 bridgehead atoms. The molecule has 106 valence electrons. The second kappa shape index (κ2) is 10.7. The molecule has 0 atom stereocenters. The molecule has 0 aliphatic carbocycles. The van der Waals surface area contributed by atoms with Crippen LogP contribution in [-0.4, -0.2) is 24.2 Å². The number of carboxylic acid groups (broad SMARTS) is 1. The van der Waals surface area contributed by atoms with Crippen LogP contribution in [0.25, 0.3) is 0 Å². The van der Waals surface area contributed by atoms with Crippen LogP contribution in [0.3, 0.4) is 0 Å². The third-order valence-corrected chi connectivity index (χ3v) is 2.07. The fourth-order valence-electron chi connectivity index (χ4n) is 0.846. The molecule has 0 unspecified atom stereocenters. The molecule has 0 heterocycles. The van der Waals surface area contributed by atoms with Crippen molar-refractivity contribution in [3.63, 3.8) is 0 Å². The Hall–Kier alpha value is -1.10. The van der Waals surface area contributed by atoms with Gasteiger partial charge in [0, 0.05) is 31.4 Å². The zero-order valence-corrected chi connectivity index (χ0v) is 15.5. The van der Waals surface area contributed by atoms with Gasteiger partial charge in [0.05, 0.1) is 12.1 Å². The van der Waals surface area contributed by atoms with E-state index in [4.69, 9.17) is 37.8 Å². The summed E-state index contributed by atoms with van der Waals surface area (Å²) in [6.45, 7) is 4.48. The predicted molar refractivity (Wildman–Crippen MR) is 71.6 cm³/mol. The van der Waals surface area contributed by atoms with E-state index < -0.39 is 11.9 Å². The first-order valence-electron chi connectivity index (χ1n) is 4.87. The Bertz CT molecular complexity index is 487. The van der Waals surface area contributed by atoms with Gasteiger partial charge in [0.1, 0.15) is 5.75 Å². The standard InChI is InChI=1S/C10H8Cl2O3.C2H4O2.Zn/c1-6(10(13)14-2)15-9-4-3-7(11)5-8(9)12;1-2(3)4;/h3-5H,1H2,2H3;1H3,(H,3,4);. The summed E-state index contributed by atoms with van der Waals surface area (Å²) >= 11 is 11.5. The molecule has 0 radical (unpaired) electrons. The molecule has 0 aliphatic heterocycles. The van der Waals surface area contributed by atoms with Crippen LogP contribution < -0.4 is 4.74 Å². The van der Waals surface area contributed by atoms with Gasteiger partial charge >= 0.3 is 5.97 Å². The summed E-state index contributed by atoms with van der Waals surface area (Å²) in [5.74, 6) is -1.32. The van der Waals surface area contributed by atoms with Crippen molar-refractivity contribution in [1.82, 2.24) is 0 Å². The first-order valence-corrected chi connectivity index (χ1v) is 5.63. The smallest absolute Gasteiger partial charge is 0.373 e. The molecule has 1 rings (SSSR count). The molecule has 20 heavy (non-hydrogen) atoms.